The van der Waals surface area contributed by atoms with Gasteiger partial charge in [0.1, 0.15) is 11.6 Å². The van der Waals surface area contributed by atoms with Crippen molar-refractivity contribution in [2.45, 2.75) is 30.7 Å². The predicted octanol–water partition coefficient (Wildman–Crippen LogP) is 2.48. The van der Waals surface area contributed by atoms with Gasteiger partial charge in [-0.15, -0.1) is 0 Å². The van der Waals surface area contributed by atoms with E-state index in [1.54, 1.807) is 30.3 Å². The summed E-state index contributed by atoms with van der Waals surface area (Å²) in [6, 6.07) is 12.2. The molecule has 0 atom stereocenters. The van der Waals surface area contributed by atoms with Crippen LogP contribution in [0, 0.1) is 12.7 Å². The highest BCUT2D eigenvalue weighted by Crippen LogP contribution is 2.21. The zero-order valence-corrected chi connectivity index (χ0v) is 16.4. The van der Waals surface area contributed by atoms with E-state index in [1.807, 2.05) is 6.92 Å². The summed E-state index contributed by atoms with van der Waals surface area (Å²) >= 11 is 0. The Kier molecular flexibility index (Phi) is 6.31. The van der Waals surface area contributed by atoms with Gasteiger partial charge in [0, 0.05) is 25.2 Å². The number of ether oxygens (including phenoxy) is 1. The Hall–Kier alpha value is -2.45. The number of amides is 1. The number of carbonyl (C=O) groups excluding carboxylic acids is 1. The van der Waals surface area contributed by atoms with Crippen LogP contribution >= 0.6 is 0 Å². The maximum atomic E-state index is 13.1. The van der Waals surface area contributed by atoms with Crippen molar-refractivity contribution in [1.29, 1.82) is 0 Å². The Morgan fingerprint density at radius 1 is 1.18 bits per heavy atom. The Morgan fingerprint density at radius 2 is 1.86 bits per heavy atom. The minimum Gasteiger partial charge on any atom is -0.484 e. The van der Waals surface area contributed by atoms with Crippen LogP contribution in [0.2, 0.25) is 0 Å². The third kappa shape index (κ3) is 5.08. The van der Waals surface area contributed by atoms with Gasteiger partial charge in [-0.05, 0) is 44.0 Å². The number of sulfonamides is 1. The number of halogens is 1. The molecule has 1 amide bonds. The van der Waals surface area contributed by atoms with Crippen molar-refractivity contribution in [2.75, 3.05) is 19.7 Å². The summed E-state index contributed by atoms with van der Waals surface area (Å²) in [5.41, 5.74) is 1.00. The zero-order chi connectivity index (χ0) is 20.1. The normalized spacial score (nSPS) is 15.9. The van der Waals surface area contributed by atoms with Crippen molar-refractivity contribution < 1.29 is 22.3 Å². The lowest BCUT2D eigenvalue weighted by molar-refractivity contribution is -0.124. The molecule has 0 bridgehead atoms. The van der Waals surface area contributed by atoms with E-state index < -0.39 is 15.8 Å². The summed E-state index contributed by atoms with van der Waals surface area (Å²) < 4.78 is 45.2. The van der Waals surface area contributed by atoms with Crippen molar-refractivity contribution in [2.24, 2.45) is 0 Å². The van der Waals surface area contributed by atoms with Gasteiger partial charge in [-0.25, -0.2) is 12.8 Å². The fourth-order valence-corrected chi connectivity index (χ4v) is 4.54. The first-order valence-corrected chi connectivity index (χ1v) is 10.5. The van der Waals surface area contributed by atoms with E-state index in [9.17, 15) is 17.6 Å². The quantitative estimate of drug-likeness (QED) is 0.800. The fourth-order valence-electron chi connectivity index (χ4n) is 3.07. The standard InChI is InChI=1S/C20H23FN2O4S/c1-15-5-7-19(8-6-15)28(25,26)23-11-9-17(10-12-23)22-20(24)14-27-18-4-2-3-16(21)13-18/h2-8,13,17H,9-12,14H2,1H3,(H,22,24). The molecule has 6 nitrogen and oxygen atoms in total. The molecule has 0 radical (unpaired) electrons. The molecule has 150 valence electrons. The van der Waals surface area contributed by atoms with Crippen molar-refractivity contribution in [3.63, 3.8) is 0 Å². The van der Waals surface area contributed by atoms with Gasteiger partial charge in [0.25, 0.3) is 5.91 Å². The monoisotopic (exact) mass is 406 g/mol. The van der Waals surface area contributed by atoms with E-state index in [4.69, 9.17) is 4.74 Å². The van der Waals surface area contributed by atoms with Crippen LogP contribution in [0.4, 0.5) is 4.39 Å². The van der Waals surface area contributed by atoms with Crippen LogP contribution in [-0.2, 0) is 14.8 Å². The molecule has 0 spiro atoms. The van der Waals surface area contributed by atoms with Gasteiger partial charge >= 0.3 is 0 Å². The lowest BCUT2D eigenvalue weighted by Gasteiger charge is -2.31. The molecule has 0 unspecified atom stereocenters. The maximum absolute atomic E-state index is 13.1. The second-order valence-corrected chi connectivity index (χ2v) is 8.74. The van der Waals surface area contributed by atoms with E-state index in [0.717, 1.165) is 5.56 Å². The molecule has 0 aromatic heterocycles. The highest BCUT2D eigenvalue weighted by molar-refractivity contribution is 7.89. The Bertz CT molecular complexity index is 923. The summed E-state index contributed by atoms with van der Waals surface area (Å²) in [6.07, 6.45) is 1.05. The molecular formula is C20H23FN2O4S. The molecule has 1 aliphatic rings. The largest absolute Gasteiger partial charge is 0.484 e. The van der Waals surface area contributed by atoms with Crippen molar-refractivity contribution in [3.05, 3.63) is 59.9 Å². The van der Waals surface area contributed by atoms with Gasteiger partial charge in [-0.2, -0.15) is 4.31 Å². The summed E-state index contributed by atoms with van der Waals surface area (Å²) in [5, 5.41) is 2.84. The van der Waals surface area contributed by atoms with Crippen LogP contribution in [0.25, 0.3) is 0 Å². The molecule has 1 heterocycles. The predicted molar refractivity (Wildman–Crippen MR) is 103 cm³/mol. The number of piperidine rings is 1. The molecule has 1 saturated heterocycles. The summed E-state index contributed by atoms with van der Waals surface area (Å²) in [6.45, 7) is 2.37. The topological polar surface area (TPSA) is 75.7 Å². The number of nitrogens with zero attached hydrogens (tertiary/aromatic N) is 1. The van der Waals surface area contributed by atoms with E-state index in [-0.39, 0.29) is 29.2 Å². The second-order valence-electron chi connectivity index (χ2n) is 6.80. The minimum atomic E-state index is -3.52. The number of hydrogen-bond acceptors (Lipinski definition) is 4. The van der Waals surface area contributed by atoms with Crippen molar-refractivity contribution in [3.8, 4) is 5.75 Å². The number of benzene rings is 2. The van der Waals surface area contributed by atoms with Crippen LogP contribution in [0.15, 0.2) is 53.4 Å². The first-order chi connectivity index (χ1) is 13.3. The number of aryl methyl sites for hydroxylation is 1. The number of carbonyl (C=O) groups is 1. The maximum Gasteiger partial charge on any atom is 0.258 e. The average Bonchev–Trinajstić information content (AvgIpc) is 2.67. The molecule has 1 fully saturated rings. The van der Waals surface area contributed by atoms with E-state index in [0.29, 0.717) is 25.9 Å². The smallest absolute Gasteiger partial charge is 0.258 e. The summed E-state index contributed by atoms with van der Waals surface area (Å²) in [7, 11) is -3.52. The number of hydrogen-bond donors (Lipinski definition) is 1. The summed E-state index contributed by atoms with van der Waals surface area (Å²) in [4.78, 5) is 12.3. The van der Waals surface area contributed by atoms with Crippen molar-refractivity contribution >= 4 is 15.9 Å². The van der Waals surface area contributed by atoms with Gasteiger partial charge < -0.3 is 10.1 Å². The van der Waals surface area contributed by atoms with Crippen LogP contribution in [0.3, 0.4) is 0 Å². The fraction of sp³-hybridized carbons (Fsp3) is 0.350. The lowest BCUT2D eigenvalue weighted by atomic mass is 10.1. The molecule has 8 heteroatoms. The molecule has 28 heavy (non-hydrogen) atoms. The highest BCUT2D eigenvalue weighted by atomic mass is 32.2. The first kappa shape index (κ1) is 20.3. The second kappa shape index (κ2) is 8.70. The number of nitrogens with one attached hydrogen (secondary N) is 1. The molecule has 0 aliphatic carbocycles. The molecule has 2 aromatic rings. The lowest BCUT2D eigenvalue weighted by Crippen LogP contribution is -2.47. The van der Waals surface area contributed by atoms with Crippen LogP contribution in [0.1, 0.15) is 18.4 Å². The first-order valence-electron chi connectivity index (χ1n) is 9.09. The van der Waals surface area contributed by atoms with Gasteiger partial charge in [0.2, 0.25) is 10.0 Å². The molecule has 0 saturated carbocycles. The minimum absolute atomic E-state index is 0.118. The van der Waals surface area contributed by atoms with Crippen molar-refractivity contribution in [1.82, 2.24) is 9.62 Å². The molecule has 2 aromatic carbocycles. The van der Waals surface area contributed by atoms with E-state index in [1.165, 1.54) is 22.5 Å². The molecule has 1 N–H and O–H groups in total. The third-order valence-electron chi connectivity index (χ3n) is 4.64. The van der Waals surface area contributed by atoms with Gasteiger partial charge in [0.05, 0.1) is 4.90 Å². The van der Waals surface area contributed by atoms with Gasteiger partial charge in [0.15, 0.2) is 6.61 Å². The summed E-state index contributed by atoms with van der Waals surface area (Å²) in [5.74, 6) is -0.460. The Labute approximate surface area is 164 Å². The Balaban J connectivity index is 1.48. The van der Waals surface area contributed by atoms with E-state index in [2.05, 4.69) is 5.32 Å². The zero-order valence-electron chi connectivity index (χ0n) is 15.6. The number of rotatable bonds is 6. The van der Waals surface area contributed by atoms with Gasteiger partial charge in [-0.1, -0.05) is 23.8 Å². The SMILES string of the molecule is Cc1ccc(S(=O)(=O)N2CCC(NC(=O)COc3cccc(F)c3)CC2)cc1. The van der Waals surface area contributed by atoms with Crippen LogP contribution in [0.5, 0.6) is 5.75 Å². The van der Waals surface area contributed by atoms with Gasteiger partial charge in [-0.3, -0.25) is 4.79 Å². The van der Waals surface area contributed by atoms with Crippen LogP contribution < -0.4 is 10.1 Å². The molecule has 3 rings (SSSR count). The van der Waals surface area contributed by atoms with E-state index >= 15 is 0 Å². The molecular weight excluding hydrogens is 383 g/mol. The average molecular weight is 406 g/mol. The molecule has 1 aliphatic heterocycles. The highest BCUT2D eigenvalue weighted by Gasteiger charge is 2.29. The Morgan fingerprint density at radius 3 is 2.50 bits per heavy atom. The third-order valence-corrected chi connectivity index (χ3v) is 6.56. The van der Waals surface area contributed by atoms with Crippen LogP contribution in [-0.4, -0.2) is 44.4 Å².